The number of anilines is 1. The lowest BCUT2D eigenvalue weighted by atomic mass is 10.2. The normalized spacial score (nSPS) is 22.9. The van der Waals surface area contributed by atoms with Crippen molar-refractivity contribution in [1.29, 1.82) is 5.41 Å². The summed E-state index contributed by atoms with van der Waals surface area (Å²) >= 11 is 4.33. The molecule has 220 valence electrons. The quantitative estimate of drug-likeness (QED) is 0.0320. The maximum absolute atomic E-state index is 11.9. The van der Waals surface area contributed by atoms with Gasteiger partial charge in [0.1, 0.15) is 16.6 Å². The predicted octanol–water partition coefficient (Wildman–Crippen LogP) is -0.218. The van der Waals surface area contributed by atoms with Crippen LogP contribution >= 0.6 is 36.1 Å². The van der Waals surface area contributed by atoms with E-state index in [1.807, 2.05) is 0 Å². The zero-order valence-electron chi connectivity index (χ0n) is 19.8. The first-order valence-electron chi connectivity index (χ1n) is 10.9. The van der Waals surface area contributed by atoms with Crippen LogP contribution in [0.15, 0.2) is 11.4 Å². The molecule has 2 aromatic rings. The molecule has 0 bridgehead atoms. The highest BCUT2D eigenvalue weighted by Crippen LogP contribution is 2.66. The number of nitrogens with one attached hydrogen (secondary N) is 3. The number of hydrogen-bond acceptors (Lipinski definition) is 14. The van der Waals surface area contributed by atoms with Crippen LogP contribution in [0.25, 0.3) is 11.2 Å². The van der Waals surface area contributed by atoms with Crippen molar-refractivity contribution in [2.45, 2.75) is 42.7 Å². The highest BCUT2D eigenvalue weighted by molar-refractivity contribution is 7.80. The molecule has 1 fully saturated rings. The Balaban J connectivity index is 1.62. The molecule has 5 atom stereocenters. The van der Waals surface area contributed by atoms with Gasteiger partial charge in [-0.1, -0.05) is 0 Å². The Hall–Kier alpha value is -1.70. The van der Waals surface area contributed by atoms with E-state index in [4.69, 9.17) is 25.7 Å². The average molecular weight is 636 g/mol. The Labute approximate surface area is 225 Å². The molecule has 3 heterocycles. The van der Waals surface area contributed by atoms with Crippen LogP contribution in [0.4, 0.5) is 5.95 Å². The number of rotatable bonds is 14. The Kier molecular flexibility index (Phi) is 10.5. The van der Waals surface area contributed by atoms with Crippen LogP contribution in [0, 0.1) is 5.41 Å². The number of thiol groups is 1. The van der Waals surface area contributed by atoms with Gasteiger partial charge in [0.15, 0.2) is 17.8 Å². The number of phosphoric ester groups is 1. The van der Waals surface area contributed by atoms with Crippen molar-refractivity contribution in [2.24, 2.45) is 5.73 Å². The Morgan fingerprint density at radius 2 is 1.87 bits per heavy atom. The number of fused-ring (bicyclic) bond motifs is 1. The second-order valence-electron chi connectivity index (χ2n) is 8.01. The fraction of sp³-hybridized carbons (Fsp3) is 0.600. The molecule has 0 saturated carbocycles. The summed E-state index contributed by atoms with van der Waals surface area (Å²) in [5.74, 6) is 0.114. The van der Waals surface area contributed by atoms with Crippen LogP contribution < -0.4 is 16.4 Å². The van der Waals surface area contributed by atoms with Crippen LogP contribution in [0.5, 0.6) is 0 Å². The molecule has 1 aliphatic heterocycles. The molecular weight excluding hydrogens is 609 g/mol. The van der Waals surface area contributed by atoms with E-state index in [0.29, 0.717) is 25.0 Å². The van der Waals surface area contributed by atoms with Crippen molar-refractivity contribution in [3.63, 3.8) is 0 Å². The third-order valence-corrected chi connectivity index (χ3v) is 9.00. The van der Waals surface area contributed by atoms with Crippen LogP contribution in [-0.2, 0) is 31.6 Å². The summed E-state index contributed by atoms with van der Waals surface area (Å²) in [6, 6.07) is 0. The molecule has 0 amide bonds. The minimum atomic E-state index is -5.66. The number of ether oxygens (including phenoxy) is 1. The average Bonchev–Trinajstić information content (AvgIpc) is 3.35. The zero-order valence-corrected chi connectivity index (χ0v) is 23.4. The number of aromatic nitrogens is 4. The highest BCUT2D eigenvalue weighted by atomic mass is 32.1. The predicted molar refractivity (Wildman–Crippen MR) is 135 cm³/mol. The van der Waals surface area contributed by atoms with Gasteiger partial charge in [-0.25, -0.2) is 23.7 Å². The van der Waals surface area contributed by atoms with E-state index in [1.165, 1.54) is 10.9 Å². The van der Waals surface area contributed by atoms with Crippen molar-refractivity contribution < 1.29 is 56.3 Å². The molecule has 39 heavy (non-hydrogen) atoms. The molecule has 10 N–H and O–H groups in total. The number of guanidine groups is 1. The van der Waals surface area contributed by atoms with Crippen molar-refractivity contribution in [1.82, 2.24) is 24.8 Å². The summed E-state index contributed by atoms with van der Waals surface area (Å²) in [4.78, 5) is 48.8. The first-order valence-corrected chi connectivity index (χ1v) is 15.9. The summed E-state index contributed by atoms with van der Waals surface area (Å²) in [6.07, 6.45) is -0.605. The van der Waals surface area contributed by atoms with Crippen molar-refractivity contribution >= 4 is 59.2 Å². The van der Waals surface area contributed by atoms with Gasteiger partial charge in [0.25, 0.3) is 0 Å². The lowest BCUT2D eigenvalue weighted by Gasteiger charge is -2.19. The van der Waals surface area contributed by atoms with Crippen LogP contribution in [0.1, 0.15) is 25.5 Å². The monoisotopic (exact) mass is 636 g/mol. The maximum Gasteiger partial charge on any atom is 0.490 e. The highest BCUT2D eigenvalue weighted by Gasteiger charge is 2.42. The first-order chi connectivity index (χ1) is 18.1. The first kappa shape index (κ1) is 31.8. The summed E-state index contributed by atoms with van der Waals surface area (Å²) in [7, 11) is -16.5. The fourth-order valence-electron chi connectivity index (χ4n) is 3.41. The molecule has 1 saturated heterocycles. The molecule has 1 aliphatic rings. The summed E-state index contributed by atoms with van der Waals surface area (Å²) in [5, 5.41) is 23.6. The largest absolute Gasteiger partial charge is 0.490 e. The van der Waals surface area contributed by atoms with Crippen molar-refractivity contribution in [3.8, 4) is 0 Å². The fourth-order valence-corrected chi connectivity index (χ4v) is 6.71. The summed E-state index contributed by atoms with van der Waals surface area (Å²) in [5.41, 5.74) is 5.79. The smallest absolute Gasteiger partial charge is 0.388 e. The minimum absolute atomic E-state index is 0.113. The van der Waals surface area contributed by atoms with E-state index in [2.05, 4.69) is 51.4 Å². The van der Waals surface area contributed by atoms with Gasteiger partial charge in [-0.3, -0.25) is 14.5 Å². The van der Waals surface area contributed by atoms with E-state index >= 15 is 0 Å². The van der Waals surface area contributed by atoms with Crippen LogP contribution in [-0.4, -0.2) is 82.1 Å². The number of imidazole rings is 1. The van der Waals surface area contributed by atoms with Gasteiger partial charge in [-0.15, -0.1) is 12.6 Å². The van der Waals surface area contributed by atoms with Gasteiger partial charge in [0.05, 0.1) is 19.0 Å². The maximum atomic E-state index is 11.9. The minimum Gasteiger partial charge on any atom is -0.388 e. The third-order valence-electron chi connectivity index (χ3n) is 4.88. The number of phosphoric acid groups is 3. The lowest BCUT2D eigenvalue weighted by Crippen LogP contribution is -2.31. The van der Waals surface area contributed by atoms with E-state index < -0.39 is 48.5 Å². The molecule has 2 aromatic heterocycles. The molecule has 0 radical (unpaired) electrons. The van der Waals surface area contributed by atoms with Crippen LogP contribution in [0.3, 0.4) is 0 Å². The number of hydrogen-bond donors (Lipinski definition) is 10. The van der Waals surface area contributed by atoms with E-state index in [0.717, 1.165) is 6.42 Å². The number of unbranched alkanes of at least 4 members (excludes halogenated alkanes) is 1. The van der Waals surface area contributed by atoms with Crippen molar-refractivity contribution in [2.75, 3.05) is 25.0 Å². The van der Waals surface area contributed by atoms with Gasteiger partial charge >= 0.3 is 23.5 Å². The molecule has 0 aromatic carbocycles. The second kappa shape index (κ2) is 12.9. The molecule has 24 heteroatoms. The van der Waals surface area contributed by atoms with Gasteiger partial charge in [-0.05, 0) is 12.8 Å². The van der Waals surface area contributed by atoms with E-state index in [1.54, 1.807) is 0 Å². The standard InChI is InChI=1S/C15H27N8O12P3S/c16-14(17)18-3-1-2-4-19-15-21-11-10(12(39)22-15)20-7-23(11)13-9(24)5-8(33-13)6-32-37(28,29)35-38(30,31)34-36(25,26)27/h7-9,13,24H,1-6H2,(H,28,29)(H,30,31)(H4,16,17,18)(H2,25,26,27)(H2,19,21,22,39)/t8-,9?,13+/m0/s1. The number of nitrogens with two attached hydrogens (primary N) is 1. The molecule has 20 nitrogen and oxygen atoms in total. The Morgan fingerprint density at radius 3 is 2.54 bits per heavy atom. The van der Waals surface area contributed by atoms with Crippen molar-refractivity contribution in [3.05, 3.63) is 6.33 Å². The summed E-state index contributed by atoms with van der Waals surface area (Å²) in [6.45, 7) is 0.307. The number of nitrogens with zero attached hydrogens (tertiary/aromatic N) is 4. The van der Waals surface area contributed by atoms with Crippen LogP contribution in [0.2, 0.25) is 0 Å². The molecule has 0 aliphatic carbocycles. The SMILES string of the molecule is N=C(N)NCCCCNc1nc(S)c2ncn([C@@H]3O[C@H](COP(=O)(O)OP(=O)(O)OP(=O)(O)O)CC3O)c2n1. The number of aliphatic hydroxyl groups is 1. The van der Waals surface area contributed by atoms with Gasteiger partial charge < -0.3 is 45.8 Å². The number of aliphatic hydroxyl groups excluding tert-OH is 1. The topological polar surface area (TPSA) is 307 Å². The third kappa shape index (κ3) is 9.72. The zero-order chi connectivity index (χ0) is 29.0. The Bertz CT molecular complexity index is 1330. The van der Waals surface area contributed by atoms with E-state index in [-0.39, 0.29) is 29.0 Å². The van der Waals surface area contributed by atoms with Gasteiger partial charge in [0.2, 0.25) is 5.95 Å². The summed E-state index contributed by atoms with van der Waals surface area (Å²) < 4.78 is 53.1. The van der Waals surface area contributed by atoms with E-state index in [9.17, 15) is 28.6 Å². The second-order valence-corrected chi connectivity index (χ2v) is 12.9. The molecule has 3 unspecified atom stereocenters. The molecule has 3 rings (SSSR count). The van der Waals surface area contributed by atoms with Gasteiger partial charge in [-0.2, -0.15) is 13.6 Å². The molecule has 0 spiro atoms. The van der Waals surface area contributed by atoms with Gasteiger partial charge in [0, 0.05) is 19.5 Å². The Morgan fingerprint density at radius 1 is 1.18 bits per heavy atom. The molecular formula is C15H27N8O12P3S. The lowest BCUT2D eigenvalue weighted by molar-refractivity contribution is -0.0481.